The molecule has 0 spiro atoms. The van der Waals surface area contributed by atoms with E-state index >= 15 is 0 Å². The van der Waals surface area contributed by atoms with Gasteiger partial charge >= 0.3 is 5.69 Å². The number of imidazole rings is 1. The smallest absolute Gasteiger partial charge is 0.330 e. The molecule has 0 aliphatic rings. The van der Waals surface area contributed by atoms with Gasteiger partial charge in [0.05, 0.1) is 23.1 Å². The molecule has 0 saturated heterocycles. The predicted molar refractivity (Wildman–Crippen MR) is 142 cm³/mol. The summed E-state index contributed by atoms with van der Waals surface area (Å²) in [6.45, 7) is -0.643. The molecule has 1 aromatic heterocycles. The van der Waals surface area contributed by atoms with Crippen LogP contribution < -0.4 is 16.3 Å². The predicted octanol–water partition coefficient (Wildman–Crippen LogP) is 1.66. The van der Waals surface area contributed by atoms with Crippen LogP contribution >= 0.6 is 0 Å². The van der Waals surface area contributed by atoms with Gasteiger partial charge in [-0.3, -0.25) is 18.7 Å². The lowest BCUT2D eigenvalue weighted by Crippen LogP contribution is -2.42. The molecule has 2 amide bonds. The summed E-state index contributed by atoms with van der Waals surface area (Å²) >= 11 is 0. The highest BCUT2D eigenvalue weighted by Gasteiger charge is 2.20. The number of carbonyl (C=O) groups excluding carboxylic acids is 4. The second-order valence-corrected chi connectivity index (χ2v) is 8.94. The number of amides is 2. The minimum atomic E-state index is -0.746. The zero-order valence-corrected chi connectivity index (χ0v) is 20.7. The summed E-state index contributed by atoms with van der Waals surface area (Å²) in [5.41, 5.74) is 2.19. The van der Waals surface area contributed by atoms with E-state index < -0.39 is 29.6 Å². The number of rotatable bonds is 12. The second-order valence-electron chi connectivity index (χ2n) is 8.94. The first kappa shape index (κ1) is 26.3. The third kappa shape index (κ3) is 6.50. The zero-order chi connectivity index (χ0) is 26.9. The molecule has 0 fully saturated rings. The first-order valence-corrected chi connectivity index (χ1v) is 12.2. The fourth-order valence-electron chi connectivity index (χ4n) is 4.37. The van der Waals surface area contributed by atoms with Crippen molar-refractivity contribution in [3.05, 3.63) is 107 Å². The lowest BCUT2D eigenvalue weighted by atomic mass is 10.1. The SMILES string of the molecule is O=CC(Cc1ccccc1)NC(=O)Cn1c(=O)n(CC(=O)N[C@H](C=O)Cc2ccccc2)c2ccccc21. The molecule has 9 heteroatoms. The molecular formula is C29H28N4O5. The Morgan fingerprint density at radius 1 is 0.632 bits per heavy atom. The molecule has 4 aromatic rings. The number of hydrogen-bond donors (Lipinski definition) is 2. The molecule has 3 aromatic carbocycles. The monoisotopic (exact) mass is 512 g/mol. The Kier molecular flexibility index (Phi) is 8.61. The lowest BCUT2D eigenvalue weighted by Gasteiger charge is -2.13. The Bertz CT molecular complexity index is 1370. The number of aldehydes is 2. The molecular weight excluding hydrogens is 484 g/mol. The van der Waals surface area contributed by atoms with Gasteiger partial charge in [-0.2, -0.15) is 0 Å². The summed E-state index contributed by atoms with van der Waals surface area (Å²) in [5.74, 6) is -1.01. The second kappa shape index (κ2) is 12.4. The Morgan fingerprint density at radius 3 is 1.37 bits per heavy atom. The number of fused-ring (bicyclic) bond motifs is 1. The number of hydrogen-bond acceptors (Lipinski definition) is 5. The lowest BCUT2D eigenvalue weighted by molar-refractivity contribution is -0.124. The largest absolute Gasteiger partial charge is 0.345 e. The molecule has 0 saturated carbocycles. The number of carbonyl (C=O) groups is 4. The van der Waals surface area contributed by atoms with Gasteiger partial charge < -0.3 is 20.2 Å². The first-order valence-electron chi connectivity index (χ1n) is 12.2. The molecule has 38 heavy (non-hydrogen) atoms. The van der Waals surface area contributed by atoms with Gasteiger partial charge in [0.2, 0.25) is 11.8 Å². The van der Waals surface area contributed by atoms with Gasteiger partial charge in [0.1, 0.15) is 25.7 Å². The average Bonchev–Trinajstić information content (AvgIpc) is 3.19. The highest BCUT2D eigenvalue weighted by Crippen LogP contribution is 2.13. The van der Waals surface area contributed by atoms with Crippen molar-refractivity contribution in [1.82, 2.24) is 19.8 Å². The summed E-state index contributed by atoms with van der Waals surface area (Å²) in [6.07, 6.45) is 1.99. The van der Waals surface area contributed by atoms with Crippen molar-refractivity contribution in [1.29, 1.82) is 0 Å². The molecule has 4 rings (SSSR count). The van der Waals surface area contributed by atoms with Gasteiger partial charge in [-0.15, -0.1) is 0 Å². The van der Waals surface area contributed by atoms with Crippen LogP contribution in [0.5, 0.6) is 0 Å². The summed E-state index contributed by atoms with van der Waals surface area (Å²) in [4.78, 5) is 62.0. The van der Waals surface area contributed by atoms with E-state index in [2.05, 4.69) is 10.6 Å². The number of para-hydroxylation sites is 2. The van der Waals surface area contributed by atoms with Gasteiger partial charge in [0, 0.05) is 0 Å². The molecule has 194 valence electrons. The summed E-state index contributed by atoms with van der Waals surface area (Å²) in [5, 5.41) is 5.34. The first-order chi connectivity index (χ1) is 18.5. The van der Waals surface area contributed by atoms with Gasteiger partial charge in [-0.25, -0.2) is 4.79 Å². The van der Waals surface area contributed by atoms with Crippen LogP contribution in [0.3, 0.4) is 0 Å². The fraction of sp³-hybridized carbons (Fsp3) is 0.207. The summed E-state index contributed by atoms with van der Waals surface area (Å²) in [7, 11) is 0. The van der Waals surface area contributed by atoms with Crippen LogP contribution in [0.25, 0.3) is 11.0 Å². The normalized spacial score (nSPS) is 12.4. The van der Waals surface area contributed by atoms with Crippen molar-refractivity contribution in [3.8, 4) is 0 Å². The van der Waals surface area contributed by atoms with Gasteiger partial charge in [-0.05, 0) is 36.1 Å². The Hall–Kier alpha value is -4.79. The van der Waals surface area contributed by atoms with Crippen molar-refractivity contribution >= 4 is 35.4 Å². The third-order valence-electron chi connectivity index (χ3n) is 6.15. The van der Waals surface area contributed by atoms with Gasteiger partial charge in [0.15, 0.2) is 0 Å². The van der Waals surface area contributed by atoms with E-state index in [0.29, 0.717) is 36.4 Å². The fourth-order valence-corrected chi connectivity index (χ4v) is 4.37. The van der Waals surface area contributed by atoms with Crippen LogP contribution in [0.1, 0.15) is 11.1 Å². The van der Waals surface area contributed by atoms with Crippen molar-refractivity contribution in [2.24, 2.45) is 0 Å². The van der Waals surface area contributed by atoms with Crippen LogP contribution in [-0.2, 0) is 45.1 Å². The Balaban J connectivity index is 1.48. The molecule has 1 heterocycles. The van der Waals surface area contributed by atoms with Crippen molar-refractivity contribution < 1.29 is 19.2 Å². The van der Waals surface area contributed by atoms with Crippen LogP contribution in [0.2, 0.25) is 0 Å². The Morgan fingerprint density at radius 2 is 1.00 bits per heavy atom. The summed E-state index contributed by atoms with van der Waals surface area (Å²) < 4.78 is 2.53. The van der Waals surface area contributed by atoms with Crippen LogP contribution in [-0.4, -0.2) is 45.6 Å². The highest BCUT2D eigenvalue weighted by atomic mass is 16.2. The van der Waals surface area contributed by atoms with Crippen molar-refractivity contribution in [3.63, 3.8) is 0 Å². The number of aromatic nitrogens is 2. The van der Waals surface area contributed by atoms with Gasteiger partial charge in [0.25, 0.3) is 0 Å². The van der Waals surface area contributed by atoms with E-state index in [4.69, 9.17) is 0 Å². The molecule has 0 aliphatic heterocycles. The van der Waals surface area contributed by atoms with Crippen LogP contribution in [0, 0.1) is 0 Å². The molecule has 0 bridgehead atoms. The number of benzene rings is 3. The molecule has 1 unspecified atom stereocenters. The maximum Gasteiger partial charge on any atom is 0.330 e. The van der Waals surface area contributed by atoms with Crippen LogP contribution in [0.15, 0.2) is 89.7 Å². The topological polar surface area (TPSA) is 119 Å². The molecule has 0 aliphatic carbocycles. The molecule has 2 atom stereocenters. The van der Waals surface area contributed by atoms with E-state index in [-0.39, 0.29) is 13.1 Å². The van der Waals surface area contributed by atoms with E-state index in [1.165, 1.54) is 9.13 Å². The highest BCUT2D eigenvalue weighted by molar-refractivity contribution is 5.85. The standard InChI is InChI=1S/C29H28N4O5/c34-19-23(15-21-9-3-1-4-10-21)30-27(36)17-32-25-13-7-8-14-26(25)33(29(32)38)18-28(37)31-24(20-35)16-22-11-5-2-6-12-22/h1-14,19-20,23-24H,15-18H2,(H,30,36)(H,31,37)/t23-,24?/m0/s1. The van der Waals surface area contributed by atoms with E-state index in [9.17, 15) is 24.0 Å². The minimum absolute atomic E-state index is 0.321. The zero-order valence-electron chi connectivity index (χ0n) is 20.7. The van der Waals surface area contributed by atoms with E-state index in [1.807, 2.05) is 60.7 Å². The average molecular weight is 513 g/mol. The number of nitrogens with zero attached hydrogens (tertiary/aromatic N) is 2. The molecule has 9 nitrogen and oxygen atoms in total. The van der Waals surface area contributed by atoms with Crippen LogP contribution in [0.4, 0.5) is 0 Å². The maximum absolute atomic E-state index is 13.3. The number of nitrogens with one attached hydrogen (secondary N) is 2. The quantitative estimate of drug-likeness (QED) is 0.280. The van der Waals surface area contributed by atoms with Gasteiger partial charge in [-0.1, -0.05) is 72.8 Å². The van der Waals surface area contributed by atoms with Crippen molar-refractivity contribution in [2.75, 3.05) is 0 Å². The van der Waals surface area contributed by atoms with E-state index in [1.54, 1.807) is 24.3 Å². The minimum Gasteiger partial charge on any atom is -0.345 e. The molecule has 2 N–H and O–H groups in total. The molecule has 0 radical (unpaired) electrons. The third-order valence-corrected chi connectivity index (χ3v) is 6.15. The summed E-state index contributed by atoms with van der Waals surface area (Å²) in [6, 6.07) is 23.9. The van der Waals surface area contributed by atoms with E-state index in [0.717, 1.165) is 11.1 Å². The van der Waals surface area contributed by atoms with Crippen molar-refractivity contribution in [2.45, 2.75) is 38.0 Å². The maximum atomic E-state index is 13.3. The Labute approximate surface area is 219 Å².